The zero-order chi connectivity index (χ0) is 26.3. The van der Waals surface area contributed by atoms with Crippen molar-refractivity contribution in [3.8, 4) is 0 Å². The molecule has 0 aliphatic carbocycles. The largest absolute Gasteiger partial charge is 0.480 e. The smallest absolute Gasteiger partial charge is 0.326 e. The molecule has 0 aliphatic heterocycles. The van der Waals surface area contributed by atoms with Gasteiger partial charge in [0.1, 0.15) is 18.1 Å². The molecule has 196 valence electrons. The average Bonchev–Trinajstić information content (AvgIpc) is 2.76. The van der Waals surface area contributed by atoms with E-state index in [0.717, 1.165) is 6.42 Å². The van der Waals surface area contributed by atoms with Crippen LogP contribution in [0.3, 0.4) is 0 Å². The second kappa shape index (κ2) is 16.9. The van der Waals surface area contributed by atoms with Gasteiger partial charge >= 0.3 is 5.97 Å². The lowest BCUT2D eigenvalue weighted by molar-refractivity contribution is -0.142. The standard InChI is InChI=1S/C20H40N8O5S/c1-11(2)15(18(31)26-13(19(32)33)7-5-9-25-20(23)24)28-17(30)14(10-34)27-16(29)12(22)6-3-4-8-21/h11-15,34H,3-10,21-22H2,1-2H3,(H,26,31)(H,27,29)(H,28,30)(H,32,33)(H4,23,24,25)/t12-,13-,14-,15-/m0/s1. The van der Waals surface area contributed by atoms with E-state index in [2.05, 4.69) is 33.9 Å². The number of thiol groups is 1. The van der Waals surface area contributed by atoms with Gasteiger partial charge in [0.2, 0.25) is 17.7 Å². The Balaban J connectivity index is 5.04. The van der Waals surface area contributed by atoms with Crippen LogP contribution in [-0.4, -0.2) is 77.8 Å². The van der Waals surface area contributed by atoms with E-state index >= 15 is 0 Å². The summed E-state index contributed by atoms with van der Waals surface area (Å²) in [6.45, 7) is 4.15. The van der Waals surface area contributed by atoms with Crippen molar-refractivity contribution in [2.24, 2.45) is 23.1 Å². The number of aliphatic carboxylic acids is 1. The molecule has 0 unspecified atom stereocenters. The second-order valence-corrected chi connectivity index (χ2v) is 8.61. The van der Waals surface area contributed by atoms with E-state index in [9.17, 15) is 24.3 Å². The summed E-state index contributed by atoms with van der Waals surface area (Å²) in [6.07, 6.45) is 2.26. The summed E-state index contributed by atoms with van der Waals surface area (Å²) < 4.78 is 0. The van der Waals surface area contributed by atoms with Crippen LogP contribution in [0.4, 0.5) is 0 Å². The SMILES string of the molecule is CC(C)[C@H](NC(=O)[C@H](CS)NC(=O)[C@@H](N)CCCCN)C(=O)N[C@@H](CCCNC(=N)N)C(=O)O. The first kappa shape index (κ1) is 31.4. The molecule has 0 saturated heterocycles. The van der Waals surface area contributed by atoms with E-state index in [0.29, 0.717) is 25.8 Å². The van der Waals surface area contributed by atoms with E-state index in [1.165, 1.54) is 0 Å². The van der Waals surface area contributed by atoms with Crippen molar-refractivity contribution >= 4 is 42.3 Å². The van der Waals surface area contributed by atoms with Crippen molar-refractivity contribution in [1.29, 1.82) is 5.41 Å². The number of carbonyl (C=O) groups excluding carboxylic acids is 3. The number of unbranched alkanes of at least 4 members (excludes halogenated alkanes) is 1. The van der Waals surface area contributed by atoms with Gasteiger partial charge in [-0.05, 0) is 38.1 Å². The number of nitrogens with two attached hydrogens (primary N) is 3. The number of rotatable bonds is 17. The lowest BCUT2D eigenvalue weighted by Gasteiger charge is -2.26. The van der Waals surface area contributed by atoms with Gasteiger partial charge in [-0.25, -0.2) is 4.79 Å². The fourth-order valence-corrected chi connectivity index (χ4v) is 3.21. The van der Waals surface area contributed by atoms with Crippen LogP contribution in [-0.2, 0) is 19.2 Å². The normalized spacial score (nSPS) is 14.4. The summed E-state index contributed by atoms with van der Waals surface area (Å²) in [4.78, 5) is 49.4. The minimum Gasteiger partial charge on any atom is -0.480 e. The number of carbonyl (C=O) groups is 4. The van der Waals surface area contributed by atoms with Crippen LogP contribution in [0.1, 0.15) is 46.0 Å². The number of amides is 3. The molecule has 0 aromatic heterocycles. The zero-order valence-electron chi connectivity index (χ0n) is 19.8. The molecule has 0 aliphatic rings. The van der Waals surface area contributed by atoms with Crippen LogP contribution < -0.4 is 38.5 Å². The molecule has 0 spiro atoms. The summed E-state index contributed by atoms with van der Waals surface area (Å²) in [7, 11) is 0. The number of nitrogens with one attached hydrogen (secondary N) is 5. The second-order valence-electron chi connectivity index (χ2n) is 8.25. The number of hydrogen-bond donors (Lipinski definition) is 10. The average molecular weight is 505 g/mol. The fourth-order valence-electron chi connectivity index (χ4n) is 2.95. The van der Waals surface area contributed by atoms with E-state index in [4.69, 9.17) is 22.6 Å². The maximum absolute atomic E-state index is 12.8. The molecule has 0 bridgehead atoms. The molecule has 0 aromatic rings. The maximum Gasteiger partial charge on any atom is 0.326 e. The van der Waals surface area contributed by atoms with Gasteiger partial charge in [-0.15, -0.1) is 0 Å². The molecule has 14 heteroatoms. The third-order valence-corrected chi connectivity index (χ3v) is 5.33. The van der Waals surface area contributed by atoms with Gasteiger partial charge in [0.25, 0.3) is 0 Å². The molecule has 0 aromatic carbocycles. The molecule has 12 N–H and O–H groups in total. The summed E-state index contributed by atoms with van der Waals surface area (Å²) >= 11 is 4.11. The predicted molar refractivity (Wildman–Crippen MR) is 132 cm³/mol. The molecule has 0 radical (unpaired) electrons. The predicted octanol–water partition coefficient (Wildman–Crippen LogP) is -2.17. The minimum absolute atomic E-state index is 0.0274. The Hall–Kier alpha value is -2.58. The highest BCUT2D eigenvalue weighted by molar-refractivity contribution is 7.80. The van der Waals surface area contributed by atoms with E-state index in [1.54, 1.807) is 13.8 Å². The molecule has 0 saturated carbocycles. The van der Waals surface area contributed by atoms with Crippen molar-refractivity contribution in [1.82, 2.24) is 21.3 Å². The van der Waals surface area contributed by atoms with Crippen LogP contribution in [0.15, 0.2) is 0 Å². The monoisotopic (exact) mass is 504 g/mol. The summed E-state index contributed by atoms with van der Waals surface area (Å²) in [5.74, 6) is -3.67. The van der Waals surface area contributed by atoms with Crippen molar-refractivity contribution in [3.05, 3.63) is 0 Å². The van der Waals surface area contributed by atoms with Crippen molar-refractivity contribution in [3.63, 3.8) is 0 Å². The number of hydrogen-bond acceptors (Lipinski definition) is 8. The van der Waals surface area contributed by atoms with Gasteiger partial charge < -0.3 is 43.6 Å². The summed E-state index contributed by atoms with van der Waals surface area (Å²) in [6, 6.07) is -4.06. The molecule has 0 rings (SSSR count). The van der Waals surface area contributed by atoms with Crippen LogP contribution in [0.25, 0.3) is 0 Å². The van der Waals surface area contributed by atoms with Gasteiger partial charge in [-0.1, -0.05) is 20.3 Å². The number of carboxylic acid groups (broad SMARTS) is 1. The Bertz CT molecular complexity index is 694. The highest BCUT2D eigenvalue weighted by Gasteiger charge is 2.31. The Morgan fingerprint density at radius 1 is 0.941 bits per heavy atom. The third kappa shape index (κ3) is 12.6. The maximum atomic E-state index is 12.8. The van der Waals surface area contributed by atoms with Gasteiger partial charge in [0.15, 0.2) is 5.96 Å². The highest BCUT2D eigenvalue weighted by atomic mass is 32.1. The molecule has 0 heterocycles. The molecular formula is C20H40N8O5S. The Labute approximate surface area is 205 Å². The molecule has 3 amide bonds. The lowest BCUT2D eigenvalue weighted by atomic mass is 10.0. The van der Waals surface area contributed by atoms with Gasteiger partial charge in [0, 0.05) is 12.3 Å². The van der Waals surface area contributed by atoms with Crippen LogP contribution in [0.5, 0.6) is 0 Å². The fraction of sp³-hybridized carbons (Fsp3) is 0.750. The Morgan fingerprint density at radius 3 is 2.06 bits per heavy atom. The molecule has 4 atom stereocenters. The summed E-state index contributed by atoms with van der Waals surface area (Å²) in [5, 5.41) is 26.6. The third-order valence-electron chi connectivity index (χ3n) is 4.97. The molecule has 0 fully saturated rings. The van der Waals surface area contributed by atoms with Crippen LogP contribution in [0.2, 0.25) is 0 Å². The van der Waals surface area contributed by atoms with E-state index in [-0.39, 0.29) is 30.6 Å². The minimum atomic E-state index is -1.23. The lowest BCUT2D eigenvalue weighted by Crippen LogP contribution is -2.59. The first-order valence-corrected chi connectivity index (χ1v) is 11.9. The van der Waals surface area contributed by atoms with E-state index in [1.807, 2.05) is 0 Å². The van der Waals surface area contributed by atoms with E-state index < -0.39 is 47.9 Å². The van der Waals surface area contributed by atoms with Crippen molar-refractivity contribution in [2.75, 3.05) is 18.8 Å². The first-order chi connectivity index (χ1) is 15.9. The van der Waals surface area contributed by atoms with Gasteiger partial charge in [0.05, 0.1) is 6.04 Å². The van der Waals surface area contributed by atoms with Gasteiger partial charge in [-0.2, -0.15) is 12.6 Å². The molecule has 13 nitrogen and oxygen atoms in total. The Morgan fingerprint density at radius 2 is 1.56 bits per heavy atom. The highest BCUT2D eigenvalue weighted by Crippen LogP contribution is 2.06. The quantitative estimate of drug-likeness (QED) is 0.0448. The first-order valence-electron chi connectivity index (χ1n) is 11.2. The number of carboxylic acids is 1. The molecule has 34 heavy (non-hydrogen) atoms. The van der Waals surface area contributed by atoms with Crippen molar-refractivity contribution in [2.45, 2.75) is 70.1 Å². The van der Waals surface area contributed by atoms with Crippen LogP contribution in [0, 0.1) is 11.3 Å². The topological polar surface area (TPSA) is 239 Å². The zero-order valence-corrected chi connectivity index (χ0v) is 20.7. The van der Waals surface area contributed by atoms with Crippen LogP contribution >= 0.6 is 12.6 Å². The molecular weight excluding hydrogens is 464 g/mol. The number of guanidine groups is 1. The Kier molecular flexibility index (Phi) is 15.7. The van der Waals surface area contributed by atoms with Gasteiger partial charge in [-0.3, -0.25) is 19.8 Å². The van der Waals surface area contributed by atoms with Crippen molar-refractivity contribution < 1.29 is 24.3 Å². The summed E-state index contributed by atoms with van der Waals surface area (Å²) in [5.41, 5.74) is 16.5.